The highest BCUT2D eigenvalue weighted by atomic mass is 14.8. The fourth-order valence-corrected chi connectivity index (χ4v) is 2.58. The Labute approximate surface area is 141 Å². The van der Waals surface area contributed by atoms with E-state index in [0.717, 1.165) is 23.3 Å². The molecular weight excluding hydrogens is 280 g/mol. The fourth-order valence-electron chi connectivity index (χ4n) is 2.58. The zero-order valence-corrected chi connectivity index (χ0v) is 14.9. The molecular formula is C21H28N2. The van der Waals surface area contributed by atoms with Crippen LogP contribution in [-0.4, -0.2) is 25.0 Å². The summed E-state index contributed by atoms with van der Waals surface area (Å²) in [4.78, 5) is 8.64. The summed E-state index contributed by atoms with van der Waals surface area (Å²) in [5.41, 5.74) is 5.08. The van der Waals surface area contributed by atoms with Gasteiger partial charge in [-0.3, -0.25) is 9.98 Å². The Kier molecular flexibility index (Phi) is 6.89. The number of nitrogens with zero attached hydrogens (tertiary/aromatic N) is 2. The van der Waals surface area contributed by atoms with Crippen LogP contribution in [0.4, 0.5) is 0 Å². The number of hydrogen-bond acceptors (Lipinski definition) is 2. The summed E-state index contributed by atoms with van der Waals surface area (Å²) < 4.78 is 0. The average Bonchev–Trinajstić information content (AvgIpc) is 2.52. The largest absolute Gasteiger partial charge is 0.290 e. The van der Waals surface area contributed by atoms with Gasteiger partial charge in [0.25, 0.3) is 0 Å². The van der Waals surface area contributed by atoms with E-state index in [2.05, 4.69) is 74.9 Å². The van der Waals surface area contributed by atoms with Crippen LogP contribution in [0.3, 0.4) is 0 Å². The van der Waals surface area contributed by atoms with Crippen molar-refractivity contribution in [2.24, 2.45) is 9.98 Å². The van der Waals surface area contributed by atoms with Crippen molar-refractivity contribution >= 4 is 12.4 Å². The van der Waals surface area contributed by atoms with Gasteiger partial charge in [0, 0.05) is 19.0 Å². The maximum atomic E-state index is 4.32. The summed E-state index contributed by atoms with van der Waals surface area (Å²) in [6.07, 6.45) is 14.0. The molecule has 0 aliphatic heterocycles. The average molecular weight is 308 g/mol. The lowest BCUT2D eigenvalue weighted by Gasteiger charge is -2.23. The Morgan fingerprint density at radius 1 is 1.35 bits per heavy atom. The SMILES string of the molecule is C=C/C(=C\C(C)(CC(=C)/C=C1/C=C(C)C=CC1=NC)N=C)CC. The van der Waals surface area contributed by atoms with Crippen LogP contribution < -0.4 is 0 Å². The molecule has 0 aromatic heterocycles. The molecule has 0 aromatic carbocycles. The Hall–Kier alpha value is -2.22. The third-order valence-corrected chi connectivity index (χ3v) is 3.90. The van der Waals surface area contributed by atoms with Crippen molar-refractivity contribution in [3.8, 4) is 0 Å². The first-order valence-corrected chi connectivity index (χ1v) is 7.92. The lowest BCUT2D eigenvalue weighted by atomic mass is 9.89. The lowest BCUT2D eigenvalue weighted by molar-refractivity contribution is 0.588. The maximum Gasteiger partial charge on any atom is 0.0798 e. The molecule has 1 aliphatic rings. The van der Waals surface area contributed by atoms with Crippen molar-refractivity contribution in [3.63, 3.8) is 0 Å². The van der Waals surface area contributed by atoms with E-state index in [0.29, 0.717) is 6.42 Å². The highest BCUT2D eigenvalue weighted by Crippen LogP contribution is 2.26. The molecule has 0 bridgehead atoms. The van der Waals surface area contributed by atoms with Gasteiger partial charge in [0.15, 0.2) is 0 Å². The maximum absolute atomic E-state index is 4.32. The molecule has 0 aromatic rings. The van der Waals surface area contributed by atoms with E-state index in [1.54, 1.807) is 7.05 Å². The molecule has 1 aliphatic carbocycles. The smallest absolute Gasteiger partial charge is 0.0798 e. The summed E-state index contributed by atoms with van der Waals surface area (Å²) in [6, 6.07) is 0. The van der Waals surface area contributed by atoms with E-state index in [1.807, 2.05) is 12.2 Å². The highest BCUT2D eigenvalue weighted by Gasteiger charge is 2.20. The third kappa shape index (κ3) is 5.48. The van der Waals surface area contributed by atoms with Crippen LogP contribution in [0, 0.1) is 0 Å². The Bertz CT molecular complexity index is 639. The summed E-state index contributed by atoms with van der Waals surface area (Å²) in [5.74, 6) is 0. The van der Waals surface area contributed by atoms with Crippen LogP contribution in [0.5, 0.6) is 0 Å². The van der Waals surface area contributed by atoms with Gasteiger partial charge in [-0.15, -0.1) is 0 Å². The van der Waals surface area contributed by atoms with E-state index in [9.17, 15) is 0 Å². The normalized spacial score (nSPS) is 21.0. The minimum absolute atomic E-state index is 0.375. The minimum atomic E-state index is -0.375. The van der Waals surface area contributed by atoms with Gasteiger partial charge in [-0.2, -0.15) is 0 Å². The van der Waals surface area contributed by atoms with Gasteiger partial charge < -0.3 is 0 Å². The summed E-state index contributed by atoms with van der Waals surface area (Å²) in [5, 5.41) is 0. The van der Waals surface area contributed by atoms with Gasteiger partial charge >= 0.3 is 0 Å². The van der Waals surface area contributed by atoms with E-state index in [-0.39, 0.29) is 5.54 Å². The van der Waals surface area contributed by atoms with Crippen molar-refractivity contribution in [2.45, 2.75) is 39.2 Å². The second-order valence-corrected chi connectivity index (χ2v) is 6.06. The fraction of sp³-hybridized carbons (Fsp3) is 0.333. The van der Waals surface area contributed by atoms with Crippen molar-refractivity contribution < 1.29 is 0 Å². The lowest BCUT2D eigenvalue weighted by Crippen LogP contribution is -2.19. The summed E-state index contributed by atoms with van der Waals surface area (Å²) in [6.45, 7) is 18.1. The van der Waals surface area contributed by atoms with Gasteiger partial charge in [-0.25, -0.2) is 0 Å². The standard InChI is InChI=1S/C21H28N2/c1-8-18(9-2)15-21(5,23-7)14-17(4)13-19-12-16(3)10-11-20(19)22-6/h8,10-13,15H,1,4,7,9,14H2,2-3,5-6H3/b18-15+,19-13-,22-20?. The Morgan fingerprint density at radius 3 is 2.57 bits per heavy atom. The molecule has 0 N–H and O–H groups in total. The molecule has 0 spiro atoms. The zero-order valence-electron chi connectivity index (χ0n) is 14.9. The predicted molar refractivity (Wildman–Crippen MR) is 105 cm³/mol. The molecule has 0 amide bonds. The van der Waals surface area contributed by atoms with Crippen LogP contribution in [-0.2, 0) is 0 Å². The van der Waals surface area contributed by atoms with Gasteiger partial charge in [0.2, 0.25) is 0 Å². The number of allylic oxidation sites excluding steroid dienone is 8. The first-order chi connectivity index (χ1) is 10.9. The number of hydrogen-bond donors (Lipinski definition) is 0. The van der Waals surface area contributed by atoms with Gasteiger partial charge in [-0.1, -0.05) is 61.1 Å². The molecule has 1 unspecified atom stereocenters. The first-order valence-electron chi connectivity index (χ1n) is 7.92. The van der Waals surface area contributed by atoms with Crippen LogP contribution >= 0.6 is 0 Å². The molecule has 0 radical (unpaired) electrons. The topological polar surface area (TPSA) is 24.7 Å². The third-order valence-electron chi connectivity index (χ3n) is 3.90. The molecule has 0 saturated carbocycles. The second-order valence-electron chi connectivity index (χ2n) is 6.06. The molecule has 0 saturated heterocycles. The Morgan fingerprint density at radius 2 is 2.04 bits per heavy atom. The van der Waals surface area contributed by atoms with Crippen LogP contribution in [0.15, 0.2) is 81.9 Å². The summed E-state index contributed by atoms with van der Waals surface area (Å²) in [7, 11) is 1.81. The summed E-state index contributed by atoms with van der Waals surface area (Å²) >= 11 is 0. The predicted octanol–water partition coefficient (Wildman–Crippen LogP) is 5.43. The zero-order chi connectivity index (χ0) is 17.5. The van der Waals surface area contributed by atoms with Crippen LogP contribution in [0.1, 0.15) is 33.6 Å². The van der Waals surface area contributed by atoms with Gasteiger partial charge in [0.05, 0.1) is 11.3 Å². The number of rotatable bonds is 7. The Balaban J connectivity index is 3.03. The van der Waals surface area contributed by atoms with Crippen LogP contribution in [0.25, 0.3) is 0 Å². The van der Waals surface area contributed by atoms with E-state index in [1.165, 1.54) is 11.1 Å². The molecule has 122 valence electrons. The van der Waals surface area contributed by atoms with Crippen molar-refractivity contribution in [3.05, 3.63) is 71.9 Å². The molecule has 2 nitrogen and oxygen atoms in total. The molecule has 0 fully saturated rings. The quantitative estimate of drug-likeness (QED) is 0.443. The molecule has 0 heterocycles. The van der Waals surface area contributed by atoms with E-state index in [4.69, 9.17) is 0 Å². The van der Waals surface area contributed by atoms with Crippen molar-refractivity contribution in [2.75, 3.05) is 7.05 Å². The number of aliphatic imine (C=N–C) groups is 2. The van der Waals surface area contributed by atoms with E-state index >= 15 is 0 Å². The van der Waals surface area contributed by atoms with Crippen LogP contribution in [0.2, 0.25) is 0 Å². The molecule has 1 atom stereocenters. The first kappa shape index (κ1) is 18.8. The monoisotopic (exact) mass is 308 g/mol. The van der Waals surface area contributed by atoms with Gasteiger partial charge in [-0.05, 0) is 39.1 Å². The second kappa shape index (κ2) is 8.42. The van der Waals surface area contributed by atoms with E-state index < -0.39 is 0 Å². The molecule has 23 heavy (non-hydrogen) atoms. The molecule has 1 rings (SSSR count). The highest BCUT2D eigenvalue weighted by molar-refractivity contribution is 6.12. The van der Waals surface area contributed by atoms with Crippen molar-refractivity contribution in [1.29, 1.82) is 0 Å². The van der Waals surface area contributed by atoms with Crippen molar-refractivity contribution in [1.82, 2.24) is 0 Å². The molecule has 2 heteroatoms. The minimum Gasteiger partial charge on any atom is -0.290 e. The van der Waals surface area contributed by atoms with Gasteiger partial charge in [0.1, 0.15) is 0 Å².